The number of nitrogens with zero attached hydrogens (tertiary/aromatic N) is 1. The van der Waals surface area contributed by atoms with Gasteiger partial charge in [0, 0.05) is 6.54 Å². The van der Waals surface area contributed by atoms with Crippen molar-refractivity contribution in [3.8, 4) is 5.75 Å². The number of benzene rings is 2. The van der Waals surface area contributed by atoms with Gasteiger partial charge in [-0.3, -0.25) is 4.79 Å². The Labute approximate surface area is 248 Å². The highest BCUT2D eigenvalue weighted by Gasteiger charge is 2.40. The number of fused-ring (bicyclic) bond motifs is 1. The Morgan fingerprint density at radius 1 is 0.977 bits per heavy atom. The summed E-state index contributed by atoms with van der Waals surface area (Å²) in [4.78, 5) is 14.4. The molecule has 1 aliphatic carbocycles. The SMILES string of the molecule is COC(=O)[C@H](C)[C@H](c1ccc2c(c1)O[C@@H](CC1CCN(CCc3cc(C(F)(F)F)ccc3C(F)(F)F)CC1)CC2)C1CC1. The van der Waals surface area contributed by atoms with Crippen LogP contribution < -0.4 is 4.74 Å². The third-order valence-corrected chi connectivity index (χ3v) is 9.49. The predicted octanol–water partition coefficient (Wildman–Crippen LogP) is 8.07. The van der Waals surface area contributed by atoms with Crippen LogP contribution >= 0.6 is 0 Å². The van der Waals surface area contributed by atoms with Crippen molar-refractivity contribution in [3.63, 3.8) is 0 Å². The van der Waals surface area contributed by atoms with Gasteiger partial charge in [-0.25, -0.2) is 0 Å². The Balaban J connectivity index is 1.15. The molecule has 3 aliphatic rings. The maximum Gasteiger partial charge on any atom is 0.416 e. The average Bonchev–Trinajstić information content (AvgIpc) is 3.80. The molecule has 43 heavy (non-hydrogen) atoms. The number of likely N-dealkylation sites (tertiary alicyclic amines) is 1. The van der Waals surface area contributed by atoms with E-state index >= 15 is 0 Å². The number of rotatable bonds is 9. The Kier molecular flexibility index (Phi) is 9.35. The van der Waals surface area contributed by atoms with Crippen LogP contribution in [0.15, 0.2) is 36.4 Å². The van der Waals surface area contributed by atoms with Crippen molar-refractivity contribution in [2.45, 2.75) is 82.7 Å². The molecule has 0 bridgehead atoms. The van der Waals surface area contributed by atoms with Crippen LogP contribution in [0.2, 0.25) is 0 Å². The standard InChI is InChI=1S/C33H39F6NO3/c1-20(31(41)42-2)30(23-4-5-23)25-6-3-22-7-9-27(43-29(22)19-25)17-21-11-14-40(15-12-21)16-13-24-18-26(32(34,35)36)8-10-28(24)33(37,38)39/h3,6,8,10,18-21,23,27,30H,4-5,7,9,11-17H2,1-2H3/t20-,27-,30+/m1/s1. The molecule has 2 aromatic rings. The van der Waals surface area contributed by atoms with E-state index in [1.54, 1.807) is 0 Å². The molecule has 2 aromatic carbocycles. The van der Waals surface area contributed by atoms with Gasteiger partial charge in [0.2, 0.25) is 0 Å². The lowest BCUT2D eigenvalue weighted by molar-refractivity contribution is -0.146. The van der Waals surface area contributed by atoms with Crippen LogP contribution in [0, 0.1) is 17.8 Å². The van der Waals surface area contributed by atoms with Gasteiger partial charge >= 0.3 is 18.3 Å². The fraction of sp³-hybridized carbons (Fsp3) is 0.606. The number of aryl methyl sites for hydroxylation is 1. The third-order valence-electron chi connectivity index (χ3n) is 9.49. The van der Waals surface area contributed by atoms with Crippen molar-refractivity contribution in [1.29, 1.82) is 0 Å². The highest BCUT2D eigenvalue weighted by Crippen LogP contribution is 2.48. The van der Waals surface area contributed by atoms with Gasteiger partial charge in [0.15, 0.2) is 0 Å². The lowest BCUT2D eigenvalue weighted by atomic mass is 9.82. The van der Waals surface area contributed by atoms with E-state index in [9.17, 15) is 31.1 Å². The summed E-state index contributed by atoms with van der Waals surface area (Å²) >= 11 is 0. The van der Waals surface area contributed by atoms with Gasteiger partial charge in [-0.15, -0.1) is 0 Å². The molecule has 0 aromatic heterocycles. The molecule has 0 spiro atoms. The van der Waals surface area contributed by atoms with Crippen LogP contribution in [-0.4, -0.2) is 43.7 Å². The summed E-state index contributed by atoms with van der Waals surface area (Å²) in [6.07, 6.45) is -2.78. The molecule has 0 unspecified atom stereocenters. The number of halogens is 6. The fourth-order valence-electron chi connectivity index (χ4n) is 6.92. The minimum atomic E-state index is -4.70. The summed E-state index contributed by atoms with van der Waals surface area (Å²) in [6, 6.07) is 8.03. The molecule has 2 aliphatic heterocycles. The van der Waals surface area contributed by atoms with E-state index < -0.39 is 23.5 Å². The number of hydrogen-bond acceptors (Lipinski definition) is 4. The number of esters is 1. The van der Waals surface area contributed by atoms with E-state index in [1.807, 2.05) is 11.8 Å². The van der Waals surface area contributed by atoms with Gasteiger partial charge in [-0.1, -0.05) is 19.1 Å². The monoisotopic (exact) mass is 611 g/mol. The Morgan fingerprint density at radius 3 is 2.33 bits per heavy atom. The molecular formula is C33H39F6NO3. The number of carbonyl (C=O) groups is 1. The van der Waals surface area contributed by atoms with Crippen molar-refractivity contribution >= 4 is 5.97 Å². The normalized spacial score (nSPS) is 21.5. The summed E-state index contributed by atoms with van der Waals surface area (Å²) in [5.74, 6) is 1.45. The predicted molar refractivity (Wildman–Crippen MR) is 150 cm³/mol. The number of carbonyl (C=O) groups excluding carboxylic acids is 1. The van der Waals surface area contributed by atoms with Crippen LogP contribution in [-0.2, 0) is 34.7 Å². The molecule has 236 valence electrons. The first kappa shape index (κ1) is 31.7. The number of methoxy groups -OCH3 is 1. The first-order valence-electron chi connectivity index (χ1n) is 15.2. The molecule has 5 rings (SSSR count). The van der Waals surface area contributed by atoms with Crippen LogP contribution in [0.4, 0.5) is 26.3 Å². The zero-order valence-electron chi connectivity index (χ0n) is 24.6. The van der Waals surface area contributed by atoms with Crippen LogP contribution in [0.1, 0.15) is 79.2 Å². The number of ether oxygens (including phenoxy) is 2. The number of alkyl halides is 6. The second-order valence-corrected chi connectivity index (χ2v) is 12.5. The first-order valence-corrected chi connectivity index (χ1v) is 15.2. The number of hydrogen-bond donors (Lipinski definition) is 0. The largest absolute Gasteiger partial charge is 0.490 e. The maximum absolute atomic E-state index is 13.5. The lowest BCUT2D eigenvalue weighted by Gasteiger charge is -2.35. The van der Waals surface area contributed by atoms with Gasteiger partial charge in [0.05, 0.1) is 30.3 Å². The van der Waals surface area contributed by atoms with Gasteiger partial charge in [-0.2, -0.15) is 26.3 Å². The van der Waals surface area contributed by atoms with E-state index in [-0.39, 0.29) is 42.4 Å². The topological polar surface area (TPSA) is 38.8 Å². The fourth-order valence-corrected chi connectivity index (χ4v) is 6.92. The van der Waals surface area contributed by atoms with Gasteiger partial charge in [0.25, 0.3) is 0 Å². The molecule has 10 heteroatoms. The van der Waals surface area contributed by atoms with E-state index in [4.69, 9.17) is 9.47 Å². The zero-order chi connectivity index (χ0) is 30.9. The number of piperidine rings is 1. The Morgan fingerprint density at radius 2 is 1.70 bits per heavy atom. The lowest BCUT2D eigenvalue weighted by Crippen LogP contribution is -2.37. The van der Waals surface area contributed by atoms with Crippen molar-refractivity contribution in [2.75, 3.05) is 26.7 Å². The molecular weight excluding hydrogens is 572 g/mol. The van der Waals surface area contributed by atoms with Crippen molar-refractivity contribution < 1.29 is 40.6 Å². The van der Waals surface area contributed by atoms with Crippen molar-refractivity contribution in [1.82, 2.24) is 4.90 Å². The molecule has 3 atom stereocenters. The summed E-state index contributed by atoms with van der Waals surface area (Å²) in [5.41, 5.74) is -0.0960. The highest BCUT2D eigenvalue weighted by molar-refractivity contribution is 5.73. The summed E-state index contributed by atoms with van der Waals surface area (Å²) < 4.78 is 91.4. The second-order valence-electron chi connectivity index (χ2n) is 12.5. The summed E-state index contributed by atoms with van der Waals surface area (Å²) in [6.45, 7) is 3.58. The summed E-state index contributed by atoms with van der Waals surface area (Å²) in [5, 5.41) is 0. The maximum atomic E-state index is 13.5. The van der Waals surface area contributed by atoms with Gasteiger partial charge < -0.3 is 14.4 Å². The van der Waals surface area contributed by atoms with Crippen LogP contribution in [0.5, 0.6) is 5.75 Å². The van der Waals surface area contributed by atoms with Crippen molar-refractivity contribution in [3.05, 3.63) is 64.2 Å². The Bertz CT molecular complexity index is 1280. The Hall–Kier alpha value is -2.75. The zero-order valence-corrected chi connectivity index (χ0v) is 24.6. The molecule has 0 N–H and O–H groups in total. The second kappa shape index (κ2) is 12.7. The van der Waals surface area contributed by atoms with E-state index in [0.29, 0.717) is 43.1 Å². The minimum absolute atomic E-state index is 0.0659. The van der Waals surface area contributed by atoms with E-state index in [1.165, 1.54) is 12.7 Å². The van der Waals surface area contributed by atoms with Crippen molar-refractivity contribution in [2.24, 2.45) is 17.8 Å². The molecule has 4 nitrogen and oxygen atoms in total. The highest BCUT2D eigenvalue weighted by atomic mass is 19.4. The third kappa shape index (κ3) is 7.67. The molecule has 1 saturated heterocycles. The molecule has 0 radical (unpaired) electrons. The minimum Gasteiger partial charge on any atom is -0.490 e. The van der Waals surface area contributed by atoms with Gasteiger partial charge in [-0.05, 0) is 123 Å². The summed E-state index contributed by atoms with van der Waals surface area (Å²) in [7, 11) is 1.42. The van der Waals surface area contributed by atoms with Crippen LogP contribution in [0.25, 0.3) is 0 Å². The molecule has 2 heterocycles. The smallest absolute Gasteiger partial charge is 0.416 e. The van der Waals surface area contributed by atoms with Gasteiger partial charge in [0.1, 0.15) is 5.75 Å². The quantitative estimate of drug-likeness (QED) is 0.212. The molecule has 2 fully saturated rings. The van der Waals surface area contributed by atoms with E-state index in [2.05, 4.69) is 18.2 Å². The average molecular weight is 612 g/mol. The molecule has 0 amide bonds. The van der Waals surface area contributed by atoms with E-state index in [0.717, 1.165) is 56.3 Å². The van der Waals surface area contributed by atoms with Crippen LogP contribution in [0.3, 0.4) is 0 Å². The first-order chi connectivity index (χ1) is 20.3. The molecule has 1 saturated carbocycles.